The Morgan fingerprint density at radius 3 is 1.86 bits per heavy atom. The number of aldehydes is 1. The molecule has 28 heteroatoms. The first-order valence-electron chi connectivity index (χ1n) is 23.0. The van der Waals surface area contributed by atoms with Crippen molar-refractivity contribution in [2.75, 3.05) is 19.8 Å². The number of unbranched alkanes of at least 4 members (excludes halogenated alkanes) is 2. The molecule has 0 aliphatic carbocycles. The van der Waals surface area contributed by atoms with Crippen LogP contribution in [0.1, 0.15) is 67.7 Å². The number of nitrogens with two attached hydrogens (primary N) is 1. The molecule has 14 unspecified atom stereocenters. The predicted octanol–water partition coefficient (Wildman–Crippen LogP) is -6.32. The zero-order chi connectivity index (χ0) is 52.3. The average molecular weight is 1020 g/mol. The smallest absolute Gasteiger partial charge is 0.335 e. The first kappa shape index (κ1) is 59.4. The van der Waals surface area contributed by atoms with Gasteiger partial charge in [0, 0.05) is 27.4 Å². The summed E-state index contributed by atoms with van der Waals surface area (Å²) in [4.78, 5) is 62.4. The van der Waals surface area contributed by atoms with Crippen LogP contribution in [0.25, 0.3) is 0 Å². The Morgan fingerprint density at radius 1 is 0.657 bits per heavy atom. The summed E-state index contributed by atoms with van der Waals surface area (Å²) in [5, 5.41) is 104. The number of carbonyl (C=O) groups excluding carboxylic acids is 4. The Bertz CT molecular complexity index is 1690. The highest BCUT2D eigenvalue weighted by Crippen LogP contribution is 2.36. The Morgan fingerprint density at radius 2 is 1.27 bits per heavy atom. The molecule has 4 saturated heterocycles. The Balaban J connectivity index is 1.84. The number of ether oxygens (including phenoxy) is 10. The van der Waals surface area contributed by atoms with Gasteiger partial charge in [-0.1, -0.05) is 0 Å². The van der Waals surface area contributed by atoms with E-state index in [0.717, 1.165) is 13.8 Å². The number of carboxylic acid groups (broad SMARTS) is 1. The average Bonchev–Trinajstić information content (AvgIpc) is 3.29. The van der Waals surface area contributed by atoms with Crippen LogP contribution >= 0.6 is 0 Å². The summed E-state index contributed by atoms with van der Waals surface area (Å²) in [7, 11) is 0. The number of carbonyl (C=O) groups is 5. The molecule has 14 N–H and O–H groups in total. The van der Waals surface area contributed by atoms with Crippen molar-refractivity contribution in [1.29, 1.82) is 0 Å². The molecule has 24 atom stereocenters. The van der Waals surface area contributed by atoms with Crippen molar-refractivity contribution in [1.82, 2.24) is 16.0 Å². The van der Waals surface area contributed by atoms with Gasteiger partial charge in [-0.05, 0) is 53.5 Å². The van der Waals surface area contributed by atoms with Crippen LogP contribution in [0, 0.1) is 0 Å². The molecule has 0 spiro atoms. The van der Waals surface area contributed by atoms with Crippen LogP contribution in [0.2, 0.25) is 0 Å². The highest BCUT2D eigenvalue weighted by molar-refractivity contribution is 5.74. The first-order valence-corrected chi connectivity index (χ1v) is 23.0. The number of amides is 3. The second-order valence-electron chi connectivity index (χ2n) is 17.7. The van der Waals surface area contributed by atoms with E-state index in [1.54, 1.807) is 0 Å². The molecule has 4 aliphatic heterocycles. The van der Waals surface area contributed by atoms with Gasteiger partial charge in [-0.15, -0.1) is 0 Å². The van der Waals surface area contributed by atoms with Gasteiger partial charge in [0.1, 0.15) is 97.7 Å². The van der Waals surface area contributed by atoms with Gasteiger partial charge in [0.05, 0.1) is 24.9 Å². The van der Waals surface area contributed by atoms with E-state index >= 15 is 0 Å². The van der Waals surface area contributed by atoms with Gasteiger partial charge >= 0.3 is 5.97 Å². The van der Waals surface area contributed by atoms with Crippen molar-refractivity contribution in [2.45, 2.75) is 215 Å². The summed E-state index contributed by atoms with van der Waals surface area (Å²) in [6, 6.07) is -4.43. The van der Waals surface area contributed by atoms with Crippen molar-refractivity contribution >= 4 is 30.0 Å². The largest absolute Gasteiger partial charge is 0.479 e. The van der Waals surface area contributed by atoms with Crippen LogP contribution in [-0.2, 0) is 71.3 Å². The van der Waals surface area contributed by atoms with E-state index in [-0.39, 0.29) is 6.61 Å². The Hall–Kier alpha value is -3.21. The Labute approximate surface area is 403 Å². The molecule has 28 nitrogen and oxygen atoms in total. The third-order valence-corrected chi connectivity index (χ3v) is 12.1. The zero-order valence-corrected chi connectivity index (χ0v) is 39.9. The molecule has 404 valence electrons. The topological polar surface area (TPSA) is 422 Å². The number of nitrogens with one attached hydrogen (secondary N) is 3. The maximum Gasteiger partial charge on any atom is 0.335 e. The van der Waals surface area contributed by atoms with Gasteiger partial charge in [-0.3, -0.25) is 14.4 Å². The molecule has 4 aliphatic rings. The van der Waals surface area contributed by atoms with Crippen LogP contribution in [0.4, 0.5) is 0 Å². The van der Waals surface area contributed by atoms with Crippen LogP contribution < -0.4 is 21.7 Å². The number of rotatable bonds is 24. The molecule has 0 saturated carbocycles. The molecular weight excluding hydrogens is 944 g/mol. The quantitative estimate of drug-likeness (QED) is 0.0243. The summed E-state index contributed by atoms with van der Waals surface area (Å²) >= 11 is 0. The van der Waals surface area contributed by atoms with E-state index in [1.165, 1.54) is 34.6 Å². The van der Waals surface area contributed by atoms with Gasteiger partial charge in [-0.2, -0.15) is 0 Å². The maximum atomic E-state index is 13.2. The van der Waals surface area contributed by atoms with Crippen molar-refractivity contribution in [3.8, 4) is 0 Å². The van der Waals surface area contributed by atoms with Gasteiger partial charge in [0.2, 0.25) is 17.7 Å². The third kappa shape index (κ3) is 15.2. The minimum Gasteiger partial charge on any atom is -0.479 e. The van der Waals surface area contributed by atoms with E-state index in [2.05, 4.69) is 16.0 Å². The second kappa shape index (κ2) is 27.2. The second-order valence-corrected chi connectivity index (χ2v) is 17.7. The predicted molar refractivity (Wildman–Crippen MR) is 230 cm³/mol. The molecule has 4 heterocycles. The van der Waals surface area contributed by atoms with E-state index in [9.17, 15) is 69.9 Å². The Kier molecular flexibility index (Phi) is 23.1. The van der Waals surface area contributed by atoms with Crippen molar-refractivity contribution < 1.29 is 117 Å². The van der Waals surface area contributed by atoms with Crippen molar-refractivity contribution in [2.24, 2.45) is 5.73 Å². The summed E-state index contributed by atoms with van der Waals surface area (Å²) in [5.74, 6) is -3.89. The van der Waals surface area contributed by atoms with Crippen molar-refractivity contribution in [3.05, 3.63) is 0 Å². The summed E-state index contributed by atoms with van der Waals surface area (Å²) in [5.41, 5.74) is 5.63. The van der Waals surface area contributed by atoms with Gasteiger partial charge in [-0.25, -0.2) is 4.79 Å². The fraction of sp³-hybridized carbons (Fsp3) is 0.881. The standard InChI is InChI=1S/C42H72N4O24/c1-15(13-47)62-38(61-12-10-8-9-11-43)23(44-19(5)49)16(2)63-40-25(46-21(7)51)34(33(18(4)65-40)67-41-32(58)29(55)27(53)22(14-48)66-41)68-42-36(31(57)30(56)35(69-42)37(59)60)70-39-24(45-20(6)50)28(54)26(52)17(3)64-39/h13,15-18,22-36,38-42,48,52-58H,8-12,14,43H2,1-7H3,(H,44,49)(H,45,50)(H,46,51)(H,59,60)/t15?,16-,17?,18?,22?,23?,24?,25?,26-,27-,28?,29?,30+,31?,32?,33-,34?,35?,36?,38-,39+,40-,41+,42-/m1/s1. The number of aliphatic hydroxyl groups is 8. The monoisotopic (exact) mass is 1020 g/mol. The maximum absolute atomic E-state index is 13.2. The molecule has 0 aromatic rings. The third-order valence-electron chi connectivity index (χ3n) is 12.1. The number of aliphatic carboxylic acids is 1. The lowest BCUT2D eigenvalue weighted by molar-refractivity contribution is -0.385. The van der Waals surface area contributed by atoms with Crippen LogP contribution in [-0.4, -0.2) is 243 Å². The lowest BCUT2D eigenvalue weighted by Crippen LogP contribution is -2.70. The molecule has 0 aromatic heterocycles. The zero-order valence-electron chi connectivity index (χ0n) is 39.9. The first-order chi connectivity index (χ1) is 32.9. The molecule has 3 amide bonds. The minimum absolute atomic E-state index is 0.0931. The van der Waals surface area contributed by atoms with Crippen LogP contribution in [0.15, 0.2) is 0 Å². The number of aliphatic hydroxyl groups excluding tert-OH is 8. The molecule has 0 radical (unpaired) electrons. The van der Waals surface area contributed by atoms with E-state index in [4.69, 9.17) is 53.1 Å². The van der Waals surface area contributed by atoms with Gasteiger partial charge in [0.25, 0.3) is 0 Å². The van der Waals surface area contributed by atoms with Gasteiger partial charge in [0.15, 0.2) is 37.6 Å². The highest BCUT2D eigenvalue weighted by atomic mass is 16.8. The number of carboxylic acids is 1. The molecule has 0 bridgehead atoms. The summed E-state index contributed by atoms with van der Waals surface area (Å²) in [6.07, 6.45) is -34.2. The molecule has 4 rings (SSSR count). The molecule has 70 heavy (non-hydrogen) atoms. The fourth-order valence-electron chi connectivity index (χ4n) is 8.36. The lowest BCUT2D eigenvalue weighted by atomic mass is 9.94. The molecular formula is C42H72N4O24. The lowest BCUT2D eigenvalue weighted by Gasteiger charge is -2.51. The fourth-order valence-corrected chi connectivity index (χ4v) is 8.36. The normalized spacial score (nSPS) is 39.7. The van der Waals surface area contributed by atoms with Crippen LogP contribution in [0.3, 0.4) is 0 Å². The van der Waals surface area contributed by atoms with Crippen molar-refractivity contribution in [3.63, 3.8) is 0 Å². The van der Waals surface area contributed by atoms with Gasteiger partial charge < -0.3 is 120 Å². The van der Waals surface area contributed by atoms with Crippen LogP contribution in [0.5, 0.6) is 0 Å². The SMILES string of the molecule is CC(=O)NC1C(O)[C@H](O)C(C)O[C@H]1OC1C(O)[C@H](O)C(C(=O)O)O[C@H]1OC1C(NC(C)=O)[C@H](O[C@H](C)C(NC(C)=O)[C@H](OCCCCCN)OC(C)C=O)OC(C)[C@H]1O[C@@H]1OC(CO)[C@@H](O)C(O)C1O. The highest BCUT2D eigenvalue weighted by Gasteiger charge is 2.57. The minimum atomic E-state index is -2.25. The molecule has 4 fully saturated rings. The number of hydrogen-bond acceptors (Lipinski definition) is 24. The number of hydrogen-bond donors (Lipinski definition) is 13. The van der Waals surface area contributed by atoms with E-state index in [1.807, 2.05) is 0 Å². The van der Waals surface area contributed by atoms with E-state index < -0.39 is 178 Å². The summed E-state index contributed by atoms with van der Waals surface area (Å²) in [6.45, 7) is 8.66. The molecule has 0 aromatic carbocycles. The van der Waals surface area contributed by atoms with E-state index in [0.29, 0.717) is 32.1 Å². The summed E-state index contributed by atoms with van der Waals surface area (Å²) < 4.78 is 60.6.